The van der Waals surface area contributed by atoms with Gasteiger partial charge in [0.1, 0.15) is 17.1 Å². The van der Waals surface area contributed by atoms with Crippen LogP contribution in [0.4, 0.5) is 18.9 Å². The lowest BCUT2D eigenvalue weighted by molar-refractivity contribution is -0.136. The molecule has 2 saturated carbocycles. The molecule has 216 valence electrons. The number of carbonyl (C=O) groups is 1. The zero-order valence-electron chi connectivity index (χ0n) is 22.0. The van der Waals surface area contributed by atoms with E-state index < -0.39 is 23.4 Å². The number of anilines is 1. The maximum atomic E-state index is 13.8. The minimum Gasteiger partial charge on any atom is -0.477 e. The van der Waals surface area contributed by atoms with Crippen LogP contribution in [-0.4, -0.2) is 39.3 Å². The molecule has 4 aromatic rings. The van der Waals surface area contributed by atoms with Crippen LogP contribution in [0.1, 0.15) is 59.0 Å². The molecule has 42 heavy (non-hydrogen) atoms. The number of hydrogen-bond acceptors (Lipinski definition) is 6. The average Bonchev–Trinajstić information content (AvgIpc) is 3.65. The summed E-state index contributed by atoms with van der Waals surface area (Å²) in [6.45, 7) is 1.47. The Kier molecular flexibility index (Phi) is 6.29. The summed E-state index contributed by atoms with van der Waals surface area (Å²) >= 11 is 12.8. The van der Waals surface area contributed by atoms with E-state index in [4.69, 9.17) is 27.7 Å². The molecule has 0 unspecified atom stereocenters. The molecule has 1 aromatic carbocycles. The van der Waals surface area contributed by atoms with E-state index >= 15 is 0 Å². The lowest BCUT2D eigenvalue weighted by Crippen LogP contribution is -2.62. The Morgan fingerprint density at radius 2 is 1.83 bits per heavy atom. The Hall–Kier alpha value is -3.63. The standard InChI is InChI=1S/C30H23Cl2F3N4O3/c31-21-11-36-12-22(32)25(21)26-18(27(42-38-26)16-2-3-16)5-1-15-9-29(10-15)13-39(14-29)17-4-6-23-19(7-17)20(30(33,34)35)8-24(37-23)28(40)41/h1,4-8,11-12,15-16H,2-3,9-10,13-14H2,(H,40,41). The largest absolute Gasteiger partial charge is 0.477 e. The summed E-state index contributed by atoms with van der Waals surface area (Å²) in [5.74, 6) is 0.0219. The number of carboxylic acid groups (broad SMARTS) is 1. The molecule has 2 aliphatic carbocycles. The number of aromatic nitrogens is 3. The minimum atomic E-state index is -4.70. The highest BCUT2D eigenvalue weighted by Gasteiger charge is 2.51. The molecule has 3 aromatic heterocycles. The monoisotopic (exact) mass is 614 g/mol. The Morgan fingerprint density at radius 1 is 1.12 bits per heavy atom. The van der Waals surface area contributed by atoms with Gasteiger partial charge in [0.05, 0.1) is 21.1 Å². The minimum absolute atomic E-state index is 0.00284. The maximum absolute atomic E-state index is 13.8. The highest BCUT2D eigenvalue weighted by atomic mass is 35.5. The van der Waals surface area contributed by atoms with Gasteiger partial charge in [-0.05, 0) is 55.9 Å². The Morgan fingerprint density at radius 3 is 2.48 bits per heavy atom. The molecule has 0 atom stereocenters. The van der Waals surface area contributed by atoms with E-state index in [0.29, 0.717) is 44.9 Å². The molecule has 1 spiro atoms. The molecule has 0 radical (unpaired) electrons. The fraction of sp³-hybridized carbons (Fsp3) is 0.333. The van der Waals surface area contributed by atoms with Crippen LogP contribution in [0.5, 0.6) is 0 Å². The van der Waals surface area contributed by atoms with Gasteiger partial charge in [-0.25, -0.2) is 9.78 Å². The highest BCUT2D eigenvalue weighted by molar-refractivity contribution is 6.39. The van der Waals surface area contributed by atoms with Crippen molar-refractivity contribution < 1.29 is 27.6 Å². The number of nitrogens with zero attached hydrogens (tertiary/aromatic N) is 4. The second-order valence-electron chi connectivity index (χ2n) is 11.5. The van der Waals surface area contributed by atoms with Crippen molar-refractivity contribution in [2.24, 2.45) is 11.3 Å². The predicted molar refractivity (Wildman–Crippen MR) is 152 cm³/mol. The second-order valence-corrected chi connectivity index (χ2v) is 12.3. The lowest BCUT2D eigenvalue weighted by atomic mass is 9.57. The molecule has 0 bridgehead atoms. The zero-order valence-corrected chi connectivity index (χ0v) is 23.5. The normalized spacial score (nSPS) is 18.5. The molecule has 7 rings (SSSR count). The number of hydrogen-bond donors (Lipinski definition) is 1. The predicted octanol–water partition coefficient (Wildman–Crippen LogP) is 8.12. The van der Waals surface area contributed by atoms with Gasteiger partial charge in [-0.3, -0.25) is 4.98 Å². The van der Waals surface area contributed by atoms with Crippen molar-refractivity contribution in [3.63, 3.8) is 0 Å². The van der Waals surface area contributed by atoms with E-state index in [9.17, 15) is 23.1 Å². The summed E-state index contributed by atoms with van der Waals surface area (Å²) in [6.07, 6.45) is 6.61. The van der Waals surface area contributed by atoms with Gasteiger partial charge < -0.3 is 14.5 Å². The van der Waals surface area contributed by atoms with Gasteiger partial charge in [-0.2, -0.15) is 13.2 Å². The third kappa shape index (κ3) is 4.70. The van der Waals surface area contributed by atoms with Crippen LogP contribution >= 0.6 is 23.2 Å². The third-order valence-electron chi connectivity index (χ3n) is 8.45. The molecule has 1 aliphatic heterocycles. The van der Waals surface area contributed by atoms with Gasteiger partial charge in [0.15, 0.2) is 0 Å². The Labute approximate surface area is 247 Å². The SMILES string of the molecule is O=C(O)c1cc(C(F)(F)F)c2cc(N3CC4(CC(C=Cc5c(-c6c(Cl)cncc6Cl)noc5C5CC5)C4)C3)ccc2n1. The molecular weight excluding hydrogens is 592 g/mol. The molecule has 4 heterocycles. The van der Waals surface area contributed by atoms with Crippen LogP contribution in [0.3, 0.4) is 0 Å². The van der Waals surface area contributed by atoms with Gasteiger partial charge in [-0.15, -0.1) is 0 Å². The van der Waals surface area contributed by atoms with E-state index in [-0.39, 0.29) is 16.3 Å². The van der Waals surface area contributed by atoms with E-state index in [1.54, 1.807) is 6.07 Å². The van der Waals surface area contributed by atoms with Crippen LogP contribution < -0.4 is 4.90 Å². The topological polar surface area (TPSA) is 92.3 Å². The maximum Gasteiger partial charge on any atom is 0.417 e. The van der Waals surface area contributed by atoms with Gasteiger partial charge in [0.2, 0.25) is 0 Å². The fourth-order valence-electron chi connectivity index (χ4n) is 6.31. The highest BCUT2D eigenvalue weighted by Crippen LogP contribution is 2.54. The molecule has 0 amide bonds. The number of alkyl halides is 3. The number of aromatic carboxylic acids is 1. The molecule has 12 heteroatoms. The quantitative estimate of drug-likeness (QED) is 0.234. The van der Waals surface area contributed by atoms with Crippen molar-refractivity contribution in [1.82, 2.24) is 15.1 Å². The van der Waals surface area contributed by atoms with Crippen LogP contribution in [0, 0.1) is 11.3 Å². The second kappa shape index (κ2) is 9.70. The van der Waals surface area contributed by atoms with Crippen LogP contribution in [-0.2, 0) is 6.18 Å². The number of rotatable bonds is 6. The average molecular weight is 615 g/mol. The van der Waals surface area contributed by atoms with Crippen LogP contribution in [0.25, 0.3) is 28.2 Å². The smallest absolute Gasteiger partial charge is 0.417 e. The summed E-state index contributed by atoms with van der Waals surface area (Å²) in [4.78, 5) is 21.3. The first-order valence-electron chi connectivity index (χ1n) is 13.5. The first kappa shape index (κ1) is 27.2. The number of carboxylic acids is 1. The first-order chi connectivity index (χ1) is 20.0. The van der Waals surface area contributed by atoms with Gasteiger partial charge in [-0.1, -0.05) is 40.5 Å². The molecule has 3 fully saturated rings. The van der Waals surface area contributed by atoms with E-state index in [1.165, 1.54) is 24.5 Å². The molecular formula is C30H23Cl2F3N4O3. The van der Waals surface area contributed by atoms with Gasteiger partial charge in [0, 0.05) is 59.0 Å². The first-order valence-corrected chi connectivity index (χ1v) is 14.2. The van der Waals surface area contributed by atoms with E-state index in [1.807, 2.05) is 0 Å². The van der Waals surface area contributed by atoms with Crippen molar-refractivity contribution in [2.45, 2.75) is 37.8 Å². The van der Waals surface area contributed by atoms with Gasteiger partial charge in [0.25, 0.3) is 0 Å². The lowest BCUT2D eigenvalue weighted by Gasteiger charge is -2.59. The van der Waals surface area contributed by atoms with E-state index in [2.05, 4.69) is 32.2 Å². The van der Waals surface area contributed by atoms with E-state index in [0.717, 1.165) is 50.1 Å². The third-order valence-corrected chi connectivity index (χ3v) is 9.03. The van der Waals surface area contributed by atoms with Crippen LogP contribution in [0.15, 0.2) is 47.3 Å². The van der Waals surface area contributed by atoms with Gasteiger partial charge >= 0.3 is 12.1 Å². The summed E-state index contributed by atoms with van der Waals surface area (Å²) < 4.78 is 47.0. The molecule has 1 N–H and O–H groups in total. The summed E-state index contributed by atoms with van der Waals surface area (Å²) in [5, 5.41) is 14.2. The van der Waals surface area contributed by atoms with Crippen molar-refractivity contribution in [3.8, 4) is 11.3 Å². The molecule has 1 saturated heterocycles. The Bertz CT molecular complexity index is 1750. The number of pyridine rings is 2. The zero-order chi connectivity index (χ0) is 29.4. The number of allylic oxidation sites excluding steroid dienone is 1. The summed E-state index contributed by atoms with van der Waals surface area (Å²) in [6, 6.07) is 5.22. The number of fused-ring (bicyclic) bond motifs is 1. The van der Waals surface area contributed by atoms with Crippen molar-refractivity contribution in [1.29, 1.82) is 0 Å². The summed E-state index contributed by atoms with van der Waals surface area (Å²) in [7, 11) is 0. The van der Waals surface area contributed by atoms with Crippen molar-refractivity contribution in [3.05, 3.63) is 75.4 Å². The number of halogens is 5. The molecule has 3 aliphatic rings. The van der Waals surface area contributed by atoms with Crippen LogP contribution in [0.2, 0.25) is 10.0 Å². The van der Waals surface area contributed by atoms with Crippen molar-refractivity contribution >= 4 is 51.8 Å². The Balaban J connectivity index is 1.07. The number of benzene rings is 1. The van der Waals surface area contributed by atoms with Crippen molar-refractivity contribution in [2.75, 3.05) is 18.0 Å². The molecule has 7 nitrogen and oxygen atoms in total. The summed E-state index contributed by atoms with van der Waals surface area (Å²) in [5.41, 5.74) is 1.24. The fourth-order valence-corrected chi connectivity index (χ4v) is 6.85.